The lowest BCUT2D eigenvalue weighted by Crippen LogP contribution is -2.18. The standard InChI is InChI=1S/C16H30O8/c17-11-5-1-2-7-13(19)23-14(20)8-3-4-9-15(21)24-16(22)10-6-12-18/h13,16-19,22H,1-12H2. The Bertz CT molecular complexity index is 334. The Morgan fingerprint density at radius 1 is 0.667 bits per heavy atom. The SMILES string of the molecule is O=C(CCCCC(=O)OC(O)CCCCCO)OC(O)CCCO. The van der Waals surface area contributed by atoms with Crippen LogP contribution in [0.2, 0.25) is 0 Å². The van der Waals surface area contributed by atoms with Crippen LogP contribution in [0.5, 0.6) is 0 Å². The van der Waals surface area contributed by atoms with Crippen molar-refractivity contribution >= 4 is 11.9 Å². The van der Waals surface area contributed by atoms with Crippen molar-refractivity contribution in [1.82, 2.24) is 0 Å². The summed E-state index contributed by atoms with van der Waals surface area (Å²) in [4.78, 5) is 22.9. The van der Waals surface area contributed by atoms with E-state index >= 15 is 0 Å². The average Bonchev–Trinajstić information content (AvgIpc) is 2.53. The molecule has 2 atom stereocenters. The average molecular weight is 350 g/mol. The summed E-state index contributed by atoms with van der Waals surface area (Å²) in [5, 5.41) is 36.0. The number of hydrogen-bond acceptors (Lipinski definition) is 8. The molecule has 24 heavy (non-hydrogen) atoms. The number of carbonyl (C=O) groups is 2. The molecule has 0 spiro atoms. The molecule has 2 unspecified atom stereocenters. The maximum Gasteiger partial charge on any atom is 0.308 e. The van der Waals surface area contributed by atoms with Gasteiger partial charge in [0.1, 0.15) is 0 Å². The molecule has 0 heterocycles. The number of ether oxygens (including phenoxy) is 2. The van der Waals surface area contributed by atoms with E-state index in [1.165, 1.54) is 0 Å². The molecule has 0 saturated carbocycles. The van der Waals surface area contributed by atoms with Gasteiger partial charge in [-0.15, -0.1) is 0 Å². The molecule has 0 rings (SSSR count). The van der Waals surface area contributed by atoms with Crippen molar-refractivity contribution in [1.29, 1.82) is 0 Å². The Morgan fingerprint density at radius 2 is 1.12 bits per heavy atom. The van der Waals surface area contributed by atoms with Gasteiger partial charge in [0, 0.05) is 38.9 Å². The second-order valence-corrected chi connectivity index (χ2v) is 5.53. The van der Waals surface area contributed by atoms with Gasteiger partial charge in [0.25, 0.3) is 0 Å². The van der Waals surface area contributed by atoms with Crippen LogP contribution in [0.4, 0.5) is 0 Å². The van der Waals surface area contributed by atoms with Crippen molar-refractivity contribution in [2.45, 2.75) is 76.8 Å². The van der Waals surface area contributed by atoms with Gasteiger partial charge in [0.15, 0.2) is 0 Å². The highest BCUT2D eigenvalue weighted by molar-refractivity contribution is 5.70. The Kier molecular flexibility index (Phi) is 14.5. The van der Waals surface area contributed by atoms with Crippen molar-refractivity contribution in [3.8, 4) is 0 Å². The van der Waals surface area contributed by atoms with Gasteiger partial charge in [-0.25, -0.2) is 0 Å². The van der Waals surface area contributed by atoms with Crippen molar-refractivity contribution in [2.75, 3.05) is 13.2 Å². The third-order valence-electron chi connectivity index (χ3n) is 3.27. The normalized spacial score (nSPS) is 13.3. The molecule has 0 aromatic rings. The van der Waals surface area contributed by atoms with E-state index in [0.29, 0.717) is 38.5 Å². The van der Waals surface area contributed by atoms with Gasteiger partial charge < -0.3 is 29.9 Å². The summed E-state index contributed by atoms with van der Waals surface area (Å²) in [5.41, 5.74) is 0. The van der Waals surface area contributed by atoms with Crippen LogP contribution in [0, 0.1) is 0 Å². The van der Waals surface area contributed by atoms with E-state index in [2.05, 4.69) is 0 Å². The predicted molar refractivity (Wildman–Crippen MR) is 84.5 cm³/mol. The minimum absolute atomic E-state index is 0.0766. The first kappa shape index (κ1) is 22.8. The molecule has 0 bridgehead atoms. The van der Waals surface area contributed by atoms with Crippen LogP contribution in [0.25, 0.3) is 0 Å². The molecule has 0 aliphatic heterocycles. The van der Waals surface area contributed by atoms with E-state index in [1.54, 1.807) is 0 Å². The minimum atomic E-state index is -1.21. The molecular formula is C16H30O8. The number of unbranched alkanes of at least 4 members (excludes halogenated alkanes) is 3. The molecule has 0 aliphatic carbocycles. The topological polar surface area (TPSA) is 134 Å². The number of carbonyl (C=O) groups excluding carboxylic acids is 2. The van der Waals surface area contributed by atoms with Crippen LogP contribution in [0.15, 0.2) is 0 Å². The predicted octanol–water partition coefficient (Wildman–Crippen LogP) is 0.595. The van der Waals surface area contributed by atoms with E-state index < -0.39 is 24.5 Å². The van der Waals surface area contributed by atoms with Gasteiger partial charge in [0.2, 0.25) is 12.6 Å². The summed E-state index contributed by atoms with van der Waals surface area (Å²) in [6, 6.07) is 0. The summed E-state index contributed by atoms with van der Waals surface area (Å²) in [6.07, 6.45) is 1.60. The van der Waals surface area contributed by atoms with E-state index in [4.69, 9.17) is 19.7 Å². The number of aliphatic hydroxyl groups excluding tert-OH is 4. The Morgan fingerprint density at radius 3 is 1.58 bits per heavy atom. The largest absolute Gasteiger partial charge is 0.436 e. The highest BCUT2D eigenvalue weighted by Gasteiger charge is 2.13. The fourth-order valence-electron chi connectivity index (χ4n) is 1.95. The fraction of sp³-hybridized carbons (Fsp3) is 0.875. The van der Waals surface area contributed by atoms with Crippen LogP contribution >= 0.6 is 0 Å². The molecule has 4 N–H and O–H groups in total. The monoisotopic (exact) mass is 350 g/mol. The molecule has 8 heteroatoms. The quantitative estimate of drug-likeness (QED) is 0.192. The van der Waals surface area contributed by atoms with Gasteiger partial charge in [-0.2, -0.15) is 0 Å². The van der Waals surface area contributed by atoms with Crippen molar-refractivity contribution in [2.24, 2.45) is 0 Å². The smallest absolute Gasteiger partial charge is 0.308 e. The second kappa shape index (κ2) is 15.3. The molecule has 0 aromatic carbocycles. The van der Waals surface area contributed by atoms with Crippen LogP contribution in [0.3, 0.4) is 0 Å². The molecule has 0 saturated heterocycles. The van der Waals surface area contributed by atoms with Gasteiger partial charge in [-0.3, -0.25) is 9.59 Å². The molecule has 0 radical (unpaired) electrons. The van der Waals surface area contributed by atoms with Gasteiger partial charge in [-0.05, 0) is 32.1 Å². The van der Waals surface area contributed by atoms with Crippen LogP contribution < -0.4 is 0 Å². The summed E-state index contributed by atoms with van der Waals surface area (Å²) >= 11 is 0. The zero-order valence-electron chi connectivity index (χ0n) is 14.1. The number of hydrogen-bond donors (Lipinski definition) is 4. The van der Waals surface area contributed by atoms with Crippen molar-refractivity contribution < 1.29 is 39.5 Å². The highest BCUT2D eigenvalue weighted by Crippen LogP contribution is 2.09. The zero-order chi connectivity index (χ0) is 18.2. The maximum absolute atomic E-state index is 11.5. The molecular weight excluding hydrogens is 320 g/mol. The summed E-state index contributed by atoms with van der Waals surface area (Å²) in [6.45, 7) is 0.0286. The molecule has 142 valence electrons. The van der Waals surface area contributed by atoms with E-state index in [1.807, 2.05) is 0 Å². The Balaban J connectivity index is 3.61. The van der Waals surface area contributed by atoms with E-state index in [-0.39, 0.29) is 32.5 Å². The lowest BCUT2D eigenvalue weighted by atomic mass is 10.2. The van der Waals surface area contributed by atoms with Crippen LogP contribution in [-0.4, -0.2) is 58.2 Å². The maximum atomic E-state index is 11.5. The van der Waals surface area contributed by atoms with Crippen LogP contribution in [0.1, 0.15) is 64.2 Å². The Hall–Kier alpha value is -1.22. The number of esters is 2. The highest BCUT2D eigenvalue weighted by atomic mass is 16.6. The van der Waals surface area contributed by atoms with E-state index in [0.717, 1.165) is 6.42 Å². The molecule has 0 aliphatic rings. The van der Waals surface area contributed by atoms with E-state index in [9.17, 15) is 19.8 Å². The molecule has 0 aromatic heterocycles. The summed E-state index contributed by atoms with van der Waals surface area (Å²) in [7, 11) is 0. The molecule has 8 nitrogen and oxygen atoms in total. The van der Waals surface area contributed by atoms with Gasteiger partial charge in [0.05, 0.1) is 0 Å². The van der Waals surface area contributed by atoms with Gasteiger partial charge >= 0.3 is 11.9 Å². The first-order valence-corrected chi connectivity index (χ1v) is 8.46. The second-order valence-electron chi connectivity index (χ2n) is 5.53. The third kappa shape index (κ3) is 14.4. The summed E-state index contributed by atoms with van der Waals surface area (Å²) < 4.78 is 9.54. The lowest BCUT2D eigenvalue weighted by molar-refractivity contribution is -0.171. The molecule has 0 amide bonds. The molecule has 0 fully saturated rings. The van der Waals surface area contributed by atoms with Crippen molar-refractivity contribution in [3.05, 3.63) is 0 Å². The fourth-order valence-corrected chi connectivity index (χ4v) is 1.95. The lowest BCUT2D eigenvalue weighted by Gasteiger charge is -2.12. The zero-order valence-corrected chi connectivity index (χ0v) is 14.1. The minimum Gasteiger partial charge on any atom is -0.436 e. The number of aliphatic hydroxyl groups is 4. The van der Waals surface area contributed by atoms with Gasteiger partial charge in [-0.1, -0.05) is 6.42 Å². The Labute approximate surface area is 142 Å². The van der Waals surface area contributed by atoms with Crippen LogP contribution in [-0.2, 0) is 19.1 Å². The third-order valence-corrected chi connectivity index (χ3v) is 3.27. The summed E-state index contributed by atoms with van der Waals surface area (Å²) in [5.74, 6) is -1.08. The van der Waals surface area contributed by atoms with Crippen molar-refractivity contribution in [3.63, 3.8) is 0 Å². The first-order valence-electron chi connectivity index (χ1n) is 8.46. The number of rotatable bonds is 15. The first-order chi connectivity index (χ1) is 11.5.